The van der Waals surface area contributed by atoms with Crippen LogP contribution in [0.1, 0.15) is 27.7 Å². The SMILES string of the molecule is COc1ccc(S(=O)(=O)c2cc(F)ccc2NCC(=O)NC(C(C)C)C(C)C)cc1OC. The second kappa shape index (κ2) is 10.7. The summed E-state index contributed by atoms with van der Waals surface area (Å²) in [5, 5.41) is 5.80. The lowest BCUT2D eigenvalue weighted by Gasteiger charge is -2.26. The van der Waals surface area contributed by atoms with Gasteiger partial charge in [-0.3, -0.25) is 4.79 Å². The normalized spacial score (nSPS) is 11.7. The molecule has 7 nitrogen and oxygen atoms in total. The van der Waals surface area contributed by atoms with Crippen LogP contribution in [0.5, 0.6) is 11.5 Å². The minimum absolute atomic E-state index is 0.0208. The molecule has 2 aromatic rings. The molecule has 0 aliphatic rings. The smallest absolute Gasteiger partial charge is 0.239 e. The average molecular weight is 467 g/mol. The van der Waals surface area contributed by atoms with E-state index in [4.69, 9.17) is 9.47 Å². The Kier molecular flexibility index (Phi) is 8.49. The molecule has 0 heterocycles. The summed E-state index contributed by atoms with van der Waals surface area (Å²) in [6.45, 7) is 7.92. The minimum atomic E-state index is -4.12. The summed E-state index contributed by atoms with van der Waals surface area (Å²) in [6, 6.07) is 7.48. The molecule has 32 heavy (non-hydrogen) atoms. The zero-order chi connectivity index (χ0) is 24.1. The zero-order valence-electron chi connectivity index (χ0n) is 19.2. The number of carbonyl (C=O) groups is 1. The van der Waals surface area contributed by atoms with E-state index in [2.05, 4.69) is 10.6 Å². The first-order valence-electron chi connectivity index (χ1n) is 10.3. The van der Waals surface area contributed by atoms with Crippen molar-refractivity contribution >= 4 is 21.4 Å². The van der Waals surface area contributed by atoms with Crippen LogP contribution in [-0.4, -0.2) is 41.1 Å². The highest BCUT2D eigenvalue weighted by Gasteiger charge is 2.25. The van der Waals surface area contributed by atoms with E-state index in [-0.39, 0.29) is 51.6 Å². The fourth-order valence-electron chi connectivity index (χ4n) is 3.49. The summed E-state index contributed by atoms with van der Waals surface area (Å²) < 4.78 is 50.9. The van der Waals surface area contributed by atoms with Gasteiger partial charge in [0.2, 0.25) is 15.7 Å². The molecule has 2 aromatic carbocycles. The predicted octanol–water partition coefficient (Wildman–Crippen LogP) is 3.88. The second-order valence-corrected chi connectivity index (χ2v) is 10.0. The van der Waals surface area contributed by atoms with Crippen LogP contribution in [0, 0.1) is 17.7 Å². The largest absolute Gasteiger partial charge is 0.493 e. The van der Waals surface area contributed by atoms with E-state index in [0.29, 0.717) is 5.75 Å². The standard InChI is InChI=1S/C23H31FN2O5S/c1-14(2)23(15(3)4)26-22(27)13-25-18-9-7-16(24)11-21(18)32(28,29)17-8-10-19(30-5)20(12-17)31-6/h7-12,14-15,23,25H,13H2,1-6H3,(H,26,27). The Hall–Kier alpha value is -2.81. The van der Waals surface area contributed by atoms with Gasteiger partial charge in [-0.05, 0) is 42.2 Å². The molecule has 2 N–H and O–H groups in total. The Morgan fingerprint density at radius 3 is 2.16 bits per heavy atom. The van der Waals surface area contributed by atoms with Crippen molar-refractivity contribution in [3.8, 4) is 11.5 Å². The summed E-state index contributed by atoms with van der Waals surface area (Å²) in [5.41, 5.74) is 0.127. The van der Waals surface area contributed by atoms with Crippen molar-refractivity contribution in [1.29, 1.82) is 0 Å². The van der Waals surface area contributed by atoms with Gasteiger partial charge in [0, 0.05) is 12.1 Å². The number of ether oxygens (including phenoxy) is 2. The van der Waals surface area contributed by atoms with E-state index < -0.39 is 15.7 Å². The van der Waals surface area contributed by atoms with E-state index in [0.717, 1.165) is 12.1 Å². The molecule has 0 aliphatic carbocycles. The number of methoxy groups -OCH3 is 2. The van der Waals surface area contributed by atoms with Gasteiger partial charge in [-0.15, -0.1) is 0 Å². The van der Waals surface area contributed by atoms with Crippen molar-refractivity contribution in [3.05, 3.63) is 42.2 Å². The molecule has 2 rings (SSSR count). The molecular weight excluding hydrogens is 435 g/mol. The quantitative estimate of drug-likeness (QED) is 0.552. The molecule has 176 valence electrons. The fraction of sp³-hybridized carbons (Fsp3) is 0.435. The van der Waals surface area contributed by atoms with Gasteiger partial charge < -0.3 is 20.1 Å². The highest BCUT2D eigenvalue weighted by Crippen LogP contribution is 2.34. The number of nitrogens with one attached hydrogen (secondary N) is 2. The van der Waals surface area contributed by atoms with Crippen molar-refractivity contribution in [3.63, 3.8) is 0 Å². The van der Waals surface area contributed by atoms with Crippen molar-refractivity contribution in [2.45, 2.75) is 43.5 Å². The number of carbonyl (C=O) groups excluding carboxylic acids is 1. The van der Waals surface area contributed by atoms with Crippen LogP contribution in [-0.2, 0) is 14.6 Å². The summed E-state index contributed by atoms with van der Waals surface area (Å²) >= 11 is 0. The van der Waals surface area contributed by atoms with E-state index >= 15 is 0 Å². The maximum Gasteiger partial charge on any atom is 0.239 e. The summed E-state index contributed by atoms with van der Waals surface area (Å²) in [7, 11) is -1.29. The summed E-state index contributed by atoms with van der Waals surface area (Å²) in [5.74, 6) is 0.0873. The number of halogens is 1. The Bertz CT molecular complexity index is 1050. The Morgan fingerprint density at radius 1 is 0.969 bits per heavy atom. The zero-order valence-corrected chi connectivity index (χ0v) is 20.0. The van der Waals surface area contributed by atoms with E-state index in [1.807, 2.05) is 27.7 Å². The number of benzene rings is 2. The third-order valence-corrected chi connectivity index (χ3v) is 6.89. The van der Waals surface area contributed by atoms with Crippen molar-refractivity contribution in [1.82, 2.24) is 5.32 Å². The van der Waals surface area contributed by atoms with Crippen molar-refractivity contribution in [2.75, 3.05) is 26.1 Å². The van der Waals surface area contributed by atoms with Crippen LogP contribution in [0.2, 0.25) is 0 Å². The van der Waals surface area contributed by atoms with E-state index in [1.54, 1.807) is 0 Å². The molecule has 0 saturated carbocycles. The van der Waals surface area contributed by atoms with Gasteiger partial charge in [-0.1, -0.05) is 27.7 Å². The molecule has 0 aromatic heterocycles. The number of anilines is 1. The fourth-order valence-corrected chi connectivity index (χ4v) is 4.95. The topological polar surface area (TPSA) is 93.7 Å². The third kappa shape index (κ3) is 5.91. The summed E-state index contributed by atoms with van der Waals surface area (Å²) in [6.07, 6.45) is 0. The van der Waals surface area contributed by atoms with Crippen LogP contribution in [0.15, 0.2) is 46.2 Å². The van der Waals surface area contributed by atoms with Gasteiger partial charge >= 0.3 is 0 Å². The molecular formula is C23H31FN2O5S. The molecule has 0 aliphatic heterocycles. The van der Waals surface area contributed by atoms with E-state index in [1.165, 1.54) is 38.5 Å². The molecule has 0 radical (unpaired) electrons. The molecule has 1 amide bonds. The molecule has 0 atom stereocenters. The third-order valence-electron chi connectivity index (χ3n) is 5.10. The van der Waals surface area contributed by atoms with Crippen LogP contribution < -0.4 is 20.1 Å². The Morgan fingerprint density at radius 2 is 1.59 bits per heavy atom. The number of amides is 1. The Balaban J connectivity index is 2.33. The van der Waals surface area contributed by atoms with Crippen molar-refractivity contribution < 1.29 is 27.1 Å². The lowest BCUT2D eigenvalue weighted by molar-refractivity contribution is -0.120. The molecule has 0 spiro atoms. The van der Waals surface area contributed by atoms with Gasteiger partial charge in [0.15, 0.2) is 11.5 Å². The second-order valence-electron chi connectivity index (χ2n) is 8.10. The molecule has 9 heteroatoms. The number of hydrogen-bond donors (Lipinski definition) is 2. The van der Waals surface area contributed by atoms with Gasteiger partial charge in [0.25, 0.3) is 0 Å². The summed E-state index contributed by atoms with van der Waals surface area (Å²) in [4.78, 5) is 12.1. The molecule has 0 bridgehead atoms. The maximum absolute atomic E-state index is 14.0. The first-order valence-corrected chi connectivity index (χ1v) is 11.8. The maximum atomic E-state index is 14.0. The van der Waals surface area contributed by atoms with Gasteiger partial charge in [-0.25, -0.2) is 12.8 Å². The number of sulfone groups is 1. The Labute approximate surface area is 189 Å². The highest BCUT2D eigenvalue weighted by molar-refractivity contribution is 7.91. The molecule has 0 unspecified atom stereocenters. The van der Waals surface area contributed by atoms with Crippen LogP contribution in [0.25, 0.3) is 0 Å². The predicted molar refractivity (Wildman–Crippen MR) is 121 cm³/mol. The molecule has 0 fully saturated rings. The van der Waals surface area contributed by atoms with Gasteiger partial charge in [-0.2, -0.15) is 0 Å². The lowest BCUT2D eigenvalue weighted by atomic mass is 9.93. The van der Waals surface area contributed by atoms with Crippen LogP contribution >= 0.6 is 0 Å². The van der Waals surface area contributed by atoms with Crippen molar-refractivity contribution in [2.24, 2.45) is 11.8 Å². The minimum Gasteiger partial charge on any atom is -0.493 e. The van der Waals surface area contributed by atoms with Crippen LogP contribution in [0.3, 0.4) is 0 Å². The molecule has 0 saturated heterocycles. The highest BCUT2D eigenvalue weighted by atomic mass is 32.2. The van der Waals surface area contributed by atoms with Gasteiger partial charge in [0.1, 0.15) is 5.82 Å². The number of hydrogen-bond acceptors (Lipinski definition) is 6. The number of rotatable bonds is 10. The monoisotopic (exact) mass is 466 g/mol. The first kappa shape index (κ1) is 25.5. The lowest BCUT2D eigenvalue weighted by Crippen LogP contribution is -2.44. The van der Waals surface area contributed by atoms with Crippen LogP contribution in [0.4, 0.5) is 10.1 Å². The average Bonchev–Trinajstić information content (AvgIpc) is 2.75. The van der Waals surface area contributed by atoms with E-state index in [9.17, 15) is 17.6 Å². The van der Waals surface area contributed by atoms with Gasteiger partial charge in [0.05, 0.1) is 36.2 Å². The first-order chi connectivity index (χ1) is 15.0.